The number of para-hydroxylation sites is 1. The number of hydrogen-bond acceptors (Lipinski definition) is 6. The molecule has 2 aromatic rings. The van der Waals surface area contributed by atoms with E-state index in [9.17, 15) is 23.1 Å². The number of alkyl halides is 3. The molecule has 1 saturated carbocycles. The molecule has 1 fully saturated rings. The van der Waals surface area contributed by atoms with E-state index in [1.807, 2.05) is 37.3 Å². The third-order valence-electron chi connectivity index (χ3n) is 4.67. The quantitative estimate of drug-likeness (QED) is 0.508. The fourth-order valence-corrected chi connectivity index (χ4v) is 2.90. The number of hydrogen-bond donors (Lipinski definition) is 4. The van der Waals surface area contributed by atoms with E-state index >= 15 is 0 Å². The molecule has 0 bridgehead atoms. The molecule has 0 radical (unpaired) electrons. The molecule has 1 heterocycles. The minimum Gasteiger partial charge on any atom is -0.481 e. The van der Waals surface area contributed by atoms with Gasteiger partial charge in [-0.25, -0.2) is 14.8 Å². The molecule has 168 valence electrons. The molecular weight excluding hydrogens is 417 g/mol. The van der Waals surface area contributed by atoms with Gasteiger partial charge >= 0.3 is 18.1 Å². The minimum absolute atomic E-state index is 0.278. The number of carboxylic acids is 2. The monoisotopic (exact) mass is 440 g/mol. The number of nitrogens with one attached hydrogen (secondary N) is 2. The van der Waals surface area contributed by atoms with Crippen LogP contribution in [0.5, 0.6) is 0 Å². The van der Waals surface area contributed by atoms with Gasteiger partial charge in [-0.1, -0.05) is 24.6 Å². The molecule has 31 heavy (non-hydrogen) atoms. The van der Waals surface area contributed by atoms with E-state index in [4.69, 9.17) is 9.90 Å². The lowest BCUT2D eigenvalue weighted by atomic mass is 9.76. The van der Waals surface area contributed by atoms with Crippen molar-refractivity contribution in [3.05, 3.63) is 42.2 Å². The molecule has 1 aromatic carbocycles. The number of aliphatic carboxylic acids is 2. The molecule has 11 heteroatoms. The summed E-state index contributed by atoms with van der Waals surface area (Å²) < 4.78 is 31.7. The number of halogens is 3. The van der Waals surface area contributed by atoms with Gasteiger partial charge in [-0.3, -0.25) is 4.79 Å². The maximum absolute atomic E-state index is 11.4. The van der Waals surface area contributed by atoms with Crippen molar-refractivity contribution < 1.29 is 33.0 Å². The molecule has 1 unspecified atom stereocenters. The van der Waals surface area contributed by atoms with Crippen molar-refractivity contribution in [3.63, 3.8) is 0 Å². The molecule has 0 saturated heterocycles. The van der Waals surface area contributed by atoms with Crippen LogP contribution in [-0.4, -0.2) is 44.8 Å². The zero-order valence-corrected chi connectivity index (χ0v) is 16.7. The van der Waals surface area contributed by atoms with E-state index in [0.29, 0.717) is 24.0 Å². The van der Waals surface area contributed by atoms with Crippen LogP contribution in [0.25, 0.3) is 0 Å². The highest BCUT2D eigenvalue weighted by molar-refractivity contribution is 5.73. The van der Waals surface area contributed by atoms with Crippen LogP contribution < -0.4 is 10.6 Å². The van der Waals surface area contributed by atoms with Crippen LogP contribution in [0.4, 0.5) is 30.5 Å². The molecule has 3 rings (SSSR count). The number of aromatic nitrogens is 2. The summed E-state index contributed by atoms with van der Waals surface area (Å²) in [5.74, 6) is -1.61. The predicted octanol–water partition coefficient (Wildman–Crippen LogP) is 4.07. The zero-order valence-electron chi connectivity index (χ0n) is 16.7. The molecule has 1 atom stereocenters. The maximum atomic E-state index is 11.4. The SMILES string of the molecule is Cc1nc(NCC(C(=O)O)C2CCC2)cc(Nc2ccccc2)n1.O=C(O)C(F)(F)F. The van der Waals surface area contributed by atoms with Crippen LogP contribution in [0.3, 0.4) is 0 Å². The smallest absolute Gasteiger partial charge is 0.481 e. The van der Waals surface area contributed by atoms with E-state index < -0.39 is 18.1 Å². The number of anilines is 3. The normalized spacial score (nSPS) is 14.5. The molecule has 1 aliphatic rings. The van der Waals surface area contributed by atoms with Crippen LogP contribution in [0.15, 0.2) is 36.4 Å². The Balaban J connectivity index is 0.000000423. The Morgan fingerprint density at radius 3 is 2.19 bits per heavy atom. The highest BCUT2D eigenvalue weighted by Gasteiger charge is 2.38. The summed E-state index contributed by atoms with van der Waals surface area (Å²) in [6.07, 6.45) is -1.95. The summed E-state index contributed by atoms with van der Waals surface area (Å²) in [7, 11) is 0. The number of rotatable bonds is 7. The Kier molecular flexibility index (Phi) is 8.17. The van der Waals surface area contributed by atoms with Crippen molar-refractivity contribution in [1.29, 1.82) is 0 Å². The number of nitrogens with zero attached hydrogens (tertiary/aromatic N) is 2. The molecule has 1 aliphatic carbocycles. The largest absolute Gasteiger partial charge is 0.490 e. The van der Waals surface area contributed by atoms with Crippen LogP contribution in [0.2, 0.25) is 0 Å². The molecule has 0 spiro atoms. The number of carboxylic acid groups (broad SMARTS) is 2. The lowest BCUT2D eigenvalue weighted by Crippen LogP contribution is -2.34. The zero-order chi connectivity index (χ0) is 23.0. The summed E-state index contributed by atoms with van der Waals surface area (Å²) in [6.45, 7) is 2.21. The van der Waals surface area contributed by atoms with Gasteiger partial charge in [-0.15, -0.1) is 0 Å². The van der Waals surface area contributed by atoms with E-state index in [-0.39, 0.29) is 11.8 Å². The highest BCUT2D eigenvalue weighted by atomic mass is 19.4. The van der Waals surface area contributed by atoms with Gasteiger partial charge in [0.1, 0.15) is 17.5 Å². The Morgan fingerprint density at radius 2 is 1.71 bits per heavy atom. The van der Waals surface area contributed by atoms with E-state index in [0.717, 1.165) is 24.9 Å². The van der Waals surface area contributed by atoms with Gasteiger partial charge < -0.3 is 20.8 Å². The van der Waals surface area contributed by atoms with E-state index in [2.05, 4.69) is 20.6 Å². The molecular formula is C20H23F3N4O4. The topological polar surface area (TPSA) is 124 Å². The van der Waals surface area contributed by atoms with Crippen LogP contribution >= 0.6 is 0 Å². The summed E-state index contributed by atoms with van der Waals surface area (Å²) in [4.78, 5) is 29.1. The second kappa shape index (κ2) is 10.6. The Hall–Kier alpha value is -3.37. The van der Waals surface area contributed by atoms with Gasteiger partial charge in [0.25, 0.3) is 0 Å². The highest BCUT2D eigenvalue weighted by Crippen LogP contribution is 2.33. The van der Waals surface area contributed by atoms with Crippen LogP contribution in [-0.2, 0) is 9.59 Å². The molecule has 8 nitrogen and oxygen atoms in total. The van der Waals surface area contributed by atoms with Crippen molar-refractivity contribution in [3.8, 4) is 0 Å². The number of carbonyl (C=O) groups is 2. The predicted molar refractivity (Wildman–Crippen MR) is 107 cm³/mol. The third-order valence-corrected chi connectivity index (χ3v) is 4.67. The first kappa shape index (κ1) is 23.9. The Bertz CT molecular complexity index is 890. The summed E-state index contributed by atoms with van der Waals surface area (Å²) in [6, 6.07) is 11.6. The van der Waals surface area contributed by atoms with Gasteiger partial charge in [-0.2, -0.15) is 13.2 Å². The Labute approximate surface area is 176 Å². The second-order valence-electron chi connectivity index (χ2n) is 7.00. The summed E-state index contributed by atoms with van der Waals surface area (Å²) in [5.41, 5.74) is 0.944. The van der Waals surface area contributed by atoms with E-state index in [1.54, 1.807) is 6.07 Å². The number of benzene rings is 1. The summed E-state index contributed by atoms with van der Waals surface area (Å²) in [5, 5.41) is 22.9. The molecule has 4 N–H and O–H groups in total. The maximum Gasteiger partial charge on any atom is 0.490 e. The van der Waals surface area contributed by atoms with Crippen LogP contribution in [0.1, 0.15) is 25.1 Å². The van der Waals surface area contributed by atoms with Gasteiger partial charge in [-0.05, 0) is 37.8 Å². The molecule has 0 amide bonds. The van der Waals surface area contributed by atoms with Gasteiger partial charge in [0.15, 0.2) is 0 Å². The standard InChI is InChI=1S/C18H22N4O2.C2HF3O2/c1-12-20-16(19-11-15(18(23)24)13-6-5-7-13)10-17(21-12)22-14-8-3-2-4-9-14;3-2(4,5)1(6)7/h2-4,8-10,13,15H,5-7,11H2,1H3,(H,23,24)(H2,19,20,21,22);(H,6,7). The first-order chi connectivity index (χ1) is 14.6. The number of aryl methyl sites for hydroxylation is 1. The van der Waals surface area contributed by atoms with Crippen molar-refractivity contribution in [2.24, 2.45) is 11.8 Å². The van der Waals surface area contributed by atoms with Gasteiger partial charge in [0.05, 0.1) is 5.92 Å². The van der Waals surface area contributed by atoms with Crippen molar-refractivity contribution in [1.82, 2.24) is 9.97 Å². The van der Waals surface area contributed by atoms with Crippen molar-refractivity contribution in [2.75, 3.05) is 17.2 Å². The van der Waals surface area contributed by atoms with Crippen molar-refractivity contribution in [2.45, 2.75) is 32.4 Å². The average molecular weight is 440 g/mol. The van der Waals surface area contributed by atoms with Crippen LogP contribution in [0, 0.1) is 18.8 Å². The van der Waals surface area contributed by atoms with Gasteiger partial charge in [0.2, 0.25) is 0 Å². The van der Waals surface area contributed by atoms with Crippen molar-refractivity contribution >= 4 is 29.3 Å². The fraction of sp³-hybridized carbons (Fsp3) is 0.400. The summed E-state index contributed by atoms with van der Waals surface area (Å²) >= 11 is 0. The molecule has 1 aromatic heterocycles. The lowest BCUT2D eigenvalue weighted by Gasteiger charge is -2.31. The van der Waals surface area contributed by atoms with E-state index in [1.165, 1.54) is 0 Å². The Morgan fingerprint density at radius 1 is 1.13 bits per heavy atom. The minimum atomic E-state index is -5.08. The van der Waals surface area contributed by atoms with Gasteiger partial charge in [0, 0.05) is 18.3 Å². The lowest BCUT2D eigenvalue weighted by molar-refractivity contribution is -0.192. The molecule has 0 aliphatic heterocycles. The third kappa shape index (κ3) is 7.76. The second-order valence-corrected chi connectivity index (χ2v) is 7.00. The first-order valence-corrected chi connectivity index (χ1v) is 9.51. The first-order valence-electron chi connectivity index (χ1n) is 9.51. The average Bonchev–Trinajstić information content (AvgIpc) is 2.63. The fourth-order valence-electron chi connectivity index (χ4n) is 2.90.